The predicted octanol–water partition coefficient (Wildman–Crippen LogP) is 4.03. The van der Waals surface area contributed by atoms with Crippen molar-refractivity contribution in [2.45, 2.75) is 53.1 Å². The lowest BCUT2D eigenvalue weighted by atomic mass is 9.95. The SMILES string of the molecule is CCNc1nc(C(CC)(CC)OCC)nc(C)c1Br. The Morgan fingerprint density at radius 1 is 1.16 bits per heavy atom. The van der Waals surface area contributed by atoms with E-state index >= 15 is 0 Å². The van der Waals surface area contributed by atoms with E-state index in [1.807, 2.05) is 13.8 Å². The highest BCUT2D eigenvalue weighted by molar-refractivity contribution is 9.10. The molecule has 0 unspecified atom stereocenters. The number of anilines is 1. The Kier molecular flexibility index (Phi) is 6.20. The molecule has 1 N–H and O–H groups in total. The van der Waals surface area contributed by atoms with E-state index in [4.69, 9.17) is 4.74 Å². The van der Waals surface area contributed by atoms with Gasteiger partial charge >= 0.3 is 0 Å². The van der Waals surface area contributed by atoms with Crippen LogP contribution in [0.15, 0.2) is 4.47 Å². The van der Waals surface area contributed by atoms with Gasteiger partial charge < -0.3 is 10.1 Å². The van der Waals surface area contributed by atoms with Crippen LogP contribution in [0.4, 0.5) is 5.82 Å². The van der Waals surface area contributed by atoms with E-state index in [1.165, 1.54) is 0 Å². The van der Waals surface area contributed by atoms with Gasteiger partial charge in [0.25, 0.3) is 0 Å². The second-order valence-corrected chi connectivity index (χ2v) is 5.25. The van der Waals surface area contributed by atoms with E-state index in [1.54, 1.807) is 0 Å². The van der Waals surface area contributed by atoms with E-state index < -0.39 is 0 Å². The summed E-state index contributed by atoms with van der Waals surface area (Å²) in [6, 6.07) is 0. The molecule has 0 saturated carbocycles. The molecular formula is C14H24BrN3O. The Hall–Kier alpha value is -0.680. The third-order valence-corrected chi connectivity index (χ3v) is 4.28. The van der Waals surface area contributed by atoms with Gasteiger partial charge in [-0.3, -0.25) is 0 Å². The molecule has 1 rings (SSSR count). The monoisotopic (exact) mass is 329 g/mol. The molecule has 0 aromatic carbocycles. The van der Waals surface area contributed by atoms with Crippen molar-refractivity contribution in [2.75, 3.05) is 18.5 Å². The minimum absolute atomic E-state index is 0.385. The van der Waals surface area contributed by atoms with E-state index in [9.17, 15) is 0 Å². The zero-order valence-electron chi connectivity index (χ0n) is 12.5. The fourth-order valence-electron chi connectivity index (χ4n) is 2.16. The van der Waals surface area contributed by atoms with Crippen LogP contribution < -0.4 is 5.32 Å². The van der Waals surface area contributed by atoms with E-state index in [0.29, 0.717) is 6.61 Å². The molecule has 0 bridgehead atoms. The topological polar surface area (TPSA) is 47.0 Å². The fraction of sp³-hybridized carbons (Fsp3) is 0.714. The lowest BCUT2D eigenvalue weighted by Gasteiger charge is -2.30. The minimum Gasteiger partial charge on any atom is -0.369 e. The number of aryl methyl sites for hydroxylation is 1. The number of hydrogen-bond donors (Lipinski definition) is 1. The maximum atomic E-state index is 5.97. The Balaban J connectivity index is 3.31. The van der Waals surface area contributed by atoms with Crippen molar-refractivity contribution < 1.29 is 4.74 Å². The highest BCUT2D eigenvalue weighted by Gasteiger charge is 2.33. The summed E-state index contributed by atoms with van der Waals surface area (Å²) in [5.41, 5.74) is 0.552. The Morgan fingerprint density at radius 2 is 1.79 bits per heavy atom. The van der Waals surface area contributed by atoms with Crippen LogP contribution in [0.1, 0.15) is 52.1 Å². The molecule has 1 aromatic heterocycles. The molecule has 0 fully saturated rings. The Morgan fingerprint density at radius 3 is 2.26 bits per heavy atom. The van der Waals surface area contributed by atoms with Crippen molar-refractivity contribution >= 4 is 21.7 Å². The number of nitrogens with zero attached hydrogens (tertiary/aromatic N) is 2. The quantitative estimate of drug-likeness (QED) is 0.820. The van der Waals surface area contributed by atoms with Crippen molar-refractivity contribution in [3.05, 3.63) is 16.0 Å². The van der Waals surface area contributed by atoms with Gasteiger partial charge in [0.1, 0.15) is 11.4 Å². The zero-order chi connectivity index (χ0) is 14.5. The molecule has 0 aliphatic carbocycles. The third-order valence-electron chi connectivity index (χ3n) is 3.33. The summed E-state index contributed by atoms with van der Waals surface area (Å²) in [4.78, 5) is 9.29. The van der Waals surface area contributed by atoms with Gasteiger partial charge in [0.05, 0.1) is 10.2 Å². The van der Waals surface area contributed by atoms with Crippen LogP contribution in [0.2, 0.25) is 0 Å². The van der Waals surface area contributed by atoms with Crippen LogP contribution in [0, 0.1) is 6.92 Å². The zero-order valence-corrected chi connectivity index (χ0v) is 14.1. The molecular weight excluding hydrogens is 306 g/mol. The highest BCUT2D eigenvalue weighted by atomic mass is 79.9. The molecule has 0 saturated heterocycles. The van der Waals surface area contributed by atoms with Gasteiger partial charge in [0, 0.05) is 13.2 Å². The number of nitrogens with one attached hydrogen (secondary N) is 1. The van der Waals surface area contributed by atoms with Crippen LogP contribution in [-0.4, -0.2) is 23.1 Å². The first kappa shape index (κ1) is 16.4. The highest BCUT2D eigenvalue weighted by Crippen LogP contribution is 2.33. The summed E-state index contributed by atoms with van der Waals surface area (Å²) < 4.78 is 6.90. The first-order valence-corrected chi connectivity index (χ1v) is 7.76. The molecule has 19 heavy (non-hydrogen) atoms. The molecule has 0 atom stereocenters. The Bertz CT molecular complexity index is 419. The normalized spacial score (nSPS) is 11.7. The van der Waals surface area contributed by atoms with Crippen molar-refractivity contribution in [2.24, 2.45) is 0 Å². The summed E-state index contributed by atoms with van der Waals surface area (Å²) in [6.07, 6.45) is 1.73. The molecule has 0 amide bonds. The van der Waals surface area contributed by atoms with Crippen molar-refractivity contribution in [1.29, 1.82) is 0 Å². The average Bonchev–Trinajstić information content (AvgIpc) is 2.41. The van der Waals surface area contributed by atoms with Gasteiger partial charge in [0.2, 0.25) is 0 Å². The van der Waals surface area contributed by atoms with Gasteiger partial charge in [0.15, 0.2) is 5.82 Å². The summed E-state index contributed by atoms with van der Waals surface area (Å²) >= 11 is 3.54. The molecule has 0 aliphatic rings. The van der Waals surface area contributed by atoms with Crippen molar-refractivity contribution in [3.63, 3.8) is 0 Å². The summed E-state index contributed by atoms with van der Waals surface area (Å²) in [7, 11) is 0. The molecule has 108 valence electrons. The molecule has 1 heterocycles. The van der Waals surface area contributed by atoms with Gasteiger partial charge in [-0.1, -0.05) is 13.8 Å². The van der Waals surface area contributed by atoms with Crippen LogP contribution >= 0.6 is 15.9 Å². The first-order chi connectivity index (χ1) is 9.04. The van der Waals surface area contributed by atoms with Crippen molar-refractivity contribution in [1.82, 2.24) is 9.97 Å². The fourth-order valence-corrected chi connectivity index (χ4v) is 2.48. The number of hydrogen-bond acceptors (Lipinski definition) is 4. The van der Waals surface area contributed by atoms with Crippen LogP contribution in [-0.2, 0) is 10.3 Å². The standard InChI is InChI=1S/C14H24BrN3O/c1-6-14(7-2,19-9-4)13-17-10(5)11(15)12(18-13)16-8-3/h6-9H2,1-5H3,(H,16,17,18). The van der Waals surface area contributed by atoms with Gasteiger partial charge in [-0.15, -0.1) is 0 Å². The van der Waals surface area contributed by atoms with E-state index in [0.717, 1.165) is 41.2 Å². The van der Waals surface area contributed by atoms with Gasteiger partial charge in [-0.2, -0.15) is 0 Å². The van der Waals surface area contributed by atoms with Crippen LogP contribution in [0.5, 0.6) is 0 Å². The minimum atomic E-state index is -0.385. The smallest absolute Gasteiger partial charge is 0.162 e. The maximum Gasteiger partial charge on any atom is 0.162 e. The summed E-state index contributed by atoms with van der Waals surface area (Å²) in [5, 5.41) is 3.27. The average molecular weight is 330 g/mol. The Labute approximate surface area is 124 Å². The largest absolute Gasteiger partial charge is 0.369 e. The molecule has 0 radical (unpaired) electrons. The number of aromatic nitrogens is 2. The molecule has 0 aliphatic heterocycles. The molecule has 0 spiro atoms. The number of halogens is 1. The van der Waals surface area contributed by atoms with E-state index in [-0.39, 0.29) is 5.60 Å². The number of rotatable bonds is 7. The second kappa shape index (κ2) is 7.20. The summed E-state index contributed by atoms with van der Waals surface area (Å²) in [6.45, 7) is 11.8. The van der Waals surface area contributed by atoms with Crippen LogP contribution in [0.3, 0.4) is 0 Å². The number of ether oxygens (including phenoxy) is 1. The van der Waals surface area contributed by atoms with E-state index in [2.05, 4.69) is 52.0 Å². The second-order valence-electron chi connectivity index (χ2n) is 4.46. The maximum absolute atomic E-state index is 5.97. The molecule has 5 heteroatoms. The predicted molar refractivity (Wildman–Crippen MR) is 82.5 cm³/mol. The lowest BCUT2D eigenvalue weighted by Crippen LogP contribution is -2.31. The lowest BCUT2D eigenvalue weighted by molar-refractivity contribution is -0.0571. The van der Waals surface area contributed by atoms with Crippen molar-refractivity contribution in [3.8, 4) is 0 Å². The third kappa shape index (κ3) is 3.45. The first-order valence-electron chi connectivity index (χ1n) is 6.97. The van der Waals surface area contributed by atoms with Gasteiger partial charge in [-0.05, 0) is 49.5 Å². The molecule has 4 nitrogen and oxygen atoms in total. The summed E-state index contributed by atoms with van der Waals surface area (Å²) in [5.74, 6) is 1.62. The van der Waals surface area contributed by atoms with Gasteiger partial charge in [-0.25, -0.2) is 9.97 Å². The van der Waals surface area contributed by atoms with Crippen LogP contribution in [0.25, 0.3) is 0 Å². The molecule has 1 aromatic rings.